The third-order valence-electron chi connectivity index (χ3n) is 3.62. The fraction of sp³-hybridized carbons (Fsp3) is 0.333. The molecule has 0 aromatic heterocycles. The summed E-state index contributed by atoms with van der Waals surface area (Å²) in [7, 11) is 0. The Morgan fingerprint density at radius 2 is 1.55 bits per heavy atom. The molecule has 0 spiro atoms. The van der Waals surface area contributed by atoms with Gasteiger partial charge in [0.15, 0.2) is 0 Å². The second-order valence-electron chi connectivity index (χ2n) is 5.71. The zero-order chi connectivity index (χ0) is 14.7. The highest BCUT2D eigenvalue weighted by Crippen LogP contribution is 2.23. The summed E-state index contributed by atoms with van der Waals surface area (Å²) >= 11 is 0. The number of benzene rings is 2. The molecule has 20 heavy (non-hydrogen) atoms. The Kier molecular flexibility index (Phi) is 4.33. The summed E-state index contributed by atoms with van der Waals surface area (Å²) in [5, 5.41) is 13.2. The minimum atomic E-state index is 0.398. The predicted molar refractivity (Wildman–Crippen MR) is 85.4 cm³/mol. The van der Waals surface area contributed by atoms with Gasteiger partial charge in [0.05, 0.1) is 0 Å². The van der Waals surface area contributed by atoms with Crippen molar-refractivity contribution in [1.82, 2.24) is 0 Å². The standard InChI is InChI=1S/C18H23NO/c1-12(2)16-5-7-17(8-6-16)19-11-15-9-13(3)18(20)14(4)10-15/h5-10,12,19-20H,11H2,1-4H3. The van der Waals surface area contributed by atoms with Gasteiger partial charge in [0.25, 0.3) is 0 Å². The maximum absolute atomic E-state index is 9.78. The fourth-order valence-electron chi connectivity index (χ4n) is 2.34. The molecule has 0 radical (unpaired) electrons. The minimum Gasteiger partial charge on any atom is -0.507 e. The smallest absolute Gasteiger partial charge is 0.121 e. The molecular weight excluding hydrogens is 246 g/mol. The molecule has 106 valence electrons. The van der Waals surface area contributed by atoms with Crippen molar-refractivity contribution >= 4 is 5.69 Å². The van der Waals surface area contributed by atoms with Crippen LogP contribution in [0.25, 0.3) is 0 Å². The topological polar surface area (TPSA) is 32.3 Å². The predicted octanol–water partition coefficient (Wildman–Crippen LogP) is 4.74. The van der Waals surface area contributed by atoms with E-state index in [1.54, 1.807) is 0 Å². The third-order valence-corrected chi connectivity index (χ3v) is 3.62. The van der Waals surface area contributed by atoms with Gasteiger partial charge in [-0.15, -0.1) is 0 Å². The minimum absolute atomic E-state index is 0.398. The fourth-order valence-corrected chi connectivity index (χ4v) is 2.34. The van der Waals surface area contributed by atoms with Crippen LogP contribution in [-0.4, -0.2) is 5.11 Å². The number of nitrogens with one attached hydrogen (secondary N) is 1. The molecule has 0 atom stereocenters. The van der Waals surface area contributed by atoms with Gasteiger partial charge in [-0.05, 0) is 54.2 Å². The SMILES string of the molecule is Cc1cc(CNc2ccc(C(C)C)cc2)cc(C)c1O. The van der Waals surface area contributed by atoms with E-state index in [1.807, 2.05) is 26.0 Å². The van der Waals surface area contributed by atoms with Crippen molar-refractivity contribution in [1.29, 1.82) is 0 Å². The van der Waals surface area contributed by atoms with Gasteiger partial charge in [0.1, 0.15) is 5.75 Å². The maximum Gasteiger partial charge on any atom is 0.121 e. The Labute approximate surface area is 121 Å². The van der Waals surface area contributed by atoms with Crippen molar-refractivity contribution in [2.45, 2.75) is 40.2 Å². The molecular formula is C18H23NO. The highest BCUT2D eigenvalue weighted by Gasteiger charge is 2.04. The first-order valence-corrected chi connectivity index (χ1v) is 7.10. The Balaban J connectivity index is 2.05. The Bertz CT molecular complexity index is 562. The zero-order valence-electron chi connectivity index (χ0n) is 12.7. The van der Waals surface area contributed by atoms with Crippen molar-refractivity contribution in [3.8, 4) is 5.75 Å². The Morgan fingerprint density at radius 1 is 1.00 bits per heavy atom. The van der Waals surface area contributed by atoms with E-state index in [0.717, 1.165) is 23.4 Å². The van der Waals surface area contributed by atoms with Gasteiger partial charge in [-0.1, -0.05) is 38.1 Å². The van der Waals surface area contributed by atoms with Crippen LogP contribution >= 0.6 is 0 Å². The molecule has 0 unspecified atom stereocenters. The van der Waals surface area contributed by atoms with Crippen molar-refractivity contribution in [2.75, 3.05) is 5.32 Å². The van der Waals surface area contributed by atoms with Crippen LogP contribution in [0.1, 0.15) is 42.0 Å². The van der Waals surface area contributed by atoms with Gasteiger partial charge in [0.2, 0.25) is 0 Å². The Morgan fingerprint density at radius 3 is 2.05 bits per heavy atom. The summed E-state index contributed by atoms with van der Waals surface area (Å²) in [6, 6.07) is 12.6. The molecule has 2 N–H and O–H groups in total. The highest BCUT2D eigenvalue weighted by atomic mass is 16.3. The largest absolute Gasteiger partial charge is 0.507 e. The molecule has 2 nitrogen and oxygen atoms in total. The number of hydrogen-bond acceptors (Lipinski definition) is 2. The molecule has 0 bridgehead atoms. The van der Waals surface area contributed by atoms with E-state index in [1.165, 1.54) is 11.1 Å². The number of aromatic hydroxyl groups is 1. The summed E-state index contributed by atoms with van der Waals surface area (Å²) in [6.07, 6.45) is 0. The molecule has 0 saturated carbocycles. The van der Waals surface area contributed by atoms with Gasteiger partial charge in [-0.2, -0.15) is 0 Å². The quantitative estimate of drug-likeness (QED) is 0.840. The molecule has 2 aromatic carbocycles. The highest BCUT2D eigenvalue weighted by molar-refractivity contribution is 5.47. The first-order chi connectivity index (χ1) is 9.47. The lowest BCUT2D eigenvalue weighted by molar-refractivity contribution is 0.466. The molecule has 0 heterocycles. The summed E-state index contributed by atoms with van der Waals surface area (Å²) in [5.41, 5.74) is 5.52. The zero-order valence-corrected chi connectivity index (χ0v) is 12.7. The number of phenolic OH excluding ortho intramolecular Hbond substituents is 1. The number of rotatable bonds is 4. The van der Waals surface area contributed by atoms with Gasteiger partial charge in [-0.25, -0.2) is 0 Å². The maximum atomic E-state index is 9.78. The molecule has 2 heteroatoms. The molecule has 0 aliphatic carbocycles. The van der Waals surface area contributed by atoms with Crippen molar-refractivity contribution < 1.29 is 5.11 Å². The van der Waals surface area contributed by atoms with Crippen LogP contribution in [0.3, 0.4) is 0 Å². The van der Waals surface area contributed by atoms with Crippen molar-refractivity contribution in [3.63, 3.8) is 0 Å². The van der Waals surface area contributed by atoms with E-state index >= 15 is 0 Å². The van der Waals surface area contributed by atoms with Crippen LogP contribution in [0, 0.1) is 13.8 Å². The Hall–Kier alpha value is -1.96. The first-order valence-electron chi connectivity index (χ1n) is 7.10. The van der Waals surface area contributed by atoms with Crippen LogP contribution in [0.2, 0.25) is 0 Å². The average Bonchev–Trinajstić information content (AvgIpc) is 2.42. The van der Waals surface area contributed by atoms with Crippen molar-refractivity contribution in [2.24, 2.45) is 0 Å². The molecule has 2 rings (SSSR count). The average molecular weight is 269 g/mol. The van der Waals surface area contributed by atoms with Gasteiger partial charge in [0, 0.05) is 12.2 Å². The van der Waals surface area contributed by atoms with Crippen LogP contribution < -0.4 is 5.32 Å². The van der Waals surface area contributed by atoms with Crippen LogP contribution in [0.15, 0.2) is 36.4 Å². The number of hydrogen-bond donors (Lipinski definition) is 2. The summed E-state index contributed by atoms with van der Waals surface area (Å²) in [4.78, 5) is 0. The van der Waals surface area contributed by atoms with Gasteiger partial charge < -0.3 is 10.4 Å². The van der Waals surface area contributed by atoms with E-state index in [0.29, 0.717) is 11.7 Å². The lowest BCUT2D eigenvalue weighted by atomic mass is 10.0. The summed E-state index contributed by atoms with van der Waals surface area (Å²) < 4.78 is 0. The molecule has 0 fully saturated rings. The normalized spacial score (nSPS) is 10.8. The molecule has 2 aromatic rings. The van der Waals surface area contributed by atoms with Crippen LogP contribution in [0.5, 0.6) is 5.75 Å². The van der Waals surface area contributed by atoms with Gasteiger partial charge >= 0.3 is 0 Å². The molecule has 0 saturated heterocycles. The second-order valence-corrected chi connectivity index (χ2v) is 5.71. The summed E-state index contributed by atoms with van der Waals surface area (Å²) in [6.45, 7) is 9.03. The molecule has 0 aliphatic heterocycles. The lowest BCUT2D eigenvalue weighted by Crippen LogP contribution is -2.00. The van der Waals surface area contributed by atoms with E-state index < -0.39 is 0 Å². The third kappa shape index (κ3) is 3.32. The second kappa shape index (κ2) is 6.00. The van der Waals surface area contributed by atoms with E-state index in [2.05, 4.69) is 43.4 Å². The molecule has 0 amide bonds. The van der Waals surface area contributed by atoms with Gasteiger partial charge in [-0.3, -0.25) is 0 Å². The van der Waals surface area contributed by atoms with Crippen molar-refractivity contribution in [3.05, 3.63) is 58.7 Å². The van der Waals surface area contributed by atoms with Crippen LogP contribution in [0.4, 0.5) is 5.69 Å². The molecule has 0 aliphatic rings. The van der Waals surface area contributed by atoms with E-state index in [-0.39, 0.29) is 0 Å². The monoisotopic (exact) mass is 269 g/mol. The first kappa shape index (κ1) is 14.4. The number of aryl methyl sites for hydroxylation is 2. The number of phenols is 1. The lowest BCUT2D eigenvalue weighted by Gasteiger charge is -2.11. The summed E-state index contributed by atoms with van der Waals surface area (Å²) in [5.74, 6) is 0.960. The van der Waals surface area contributed by atoms with Crippen LogP contribution in [-0.2, 0) is 6.54 Å². The van der Waals surface area contributed by atoms with E-state index in [4.69, 9.17) is 0 Å². The number of anilines is 1. The van der Waals surface area contributed by atoms with E-state index in [9.17, 15) is 5.11 Å².